The third-order valence-corrected chi connectivity index (χ3v) is 10.1. The summed E-state index contributed by atoms with van der Waals surface area (Å²) in [4.78, 5) is 0.0966. The summed E-state index contributed by atoms with van der Waals surface area (Å²) >= 11 is 0. The molecule has 11 heteroatoms. The number of aliphatic hydroxyl groups is 1. The topological polar surface area (TPSA) is 113 Å². The van der Waals surface area contributed by atoms with E-state index in [9.17, 15) is 21.9 Å². The van der Waals surface area contributed by atoms with Crippen LogP contribution in [0, 0.1) is 24.7 Å². The number of hydrogen-bond acceptors (Lipinski definition) is 7. The molecule has 3 rings (SSSR count). The number of fused-ring (bicyclic) bond motifs is 1. The number of nitrogens with zero attached hydrogens (tertiary/aromatic N) is 2. The van der Waals surface area contributed by atoms with Crippen molar-refractivity contribution in [1.82, 2.24) is 8.61 Å². The zero-order valence-corrected chi connectivity index (χ0v) is 23.3. The molecule has 0 saturated heterocycles. The van der Waals surface area contributed by atoms with Crippen LogP contribution in [0.15, 0.2) is 52.3 Å². The van der Waals surface area contributed by atoms with Crippen LogP contribution in [0.25, 0.3) is 0 Å². The van der Waals surface area contributed by atoms with Gasteiger partial charge in [0.05, 0.1) is 18.0 Å². The number of likely N-dealkylation sites (N-methyl/N-ethyl adjacent to an activating group) is 1. The SMILES string of the molecule is COCC#Cc1ccc2c(c1)O[C@@H](CN(C)S(=O)(=O)c1ccc(C)cc1)[C@@H](C)CN([C@H](C)CO)S2(=O)=O. The van der Waals surface area contributed by atoms with Gasteiger partial charge in [0, 0.05) is 38.2 Å². The maximum absolute atomic E-state index is 13.6. The Morgan fingerprint density at radius 2 is 1.92 bits per heavy atom. The van der Waals surface area contributed by atoms with Crippen LogP contribution in [-0.4, -0.2) is 83.2 Å². The molecule has 1 heterocycles. The number of sulfonamides is 2. The van der Waals surface area contributed by atoms with Crippen LogP contribution in [0.5, 0.6) is 5.75 Å². The Kier molecular flexibility index (Phi) is 9.39. The third-order valence-electron chi connectivity index (χ3n) is 6.28. The van der Waals surface area contributed by atoms with Crippen molar-refractivity contribution in [3.05, 3.63) is 53.6 Å². The molecule has 3 atom stereocenters. The number of aryl methyl sites for hydroxylation is 1. The molecule has 0 radical (unpaired) electrons. The minimum absolute atomic E-state index is 0.0161. The first-order valence-electron chi connectivity index (χ1n) is 11.9. The number of aliphatic hydroxyl groups excluding tert-OH is 1. The van der Waals surface area contributed by atoms with Crippen molar-refractivity contribution in [2.24, 2.45) is 5.92 Å². The van der Waals surface area contributed by atoms with Crippen LogP contribution in [0.1, 0.15) is 25.0 Å². The van der Waals surface area contributed by atoms with E-state index in [1.165, 1.54) is 34.9 Å². The number of benzene rings is 2. The highest BCUT2D eigenvalue weighted by atomic mass is 32.2. The largest absolute Gasteiger partial charge is 0.487 e. The highest BCUT2D eigenvalue weighted by Crippen LogP contribution is 2.34. The first-order chi connectivity index (χ1) is 17.4. The van der Waals surface area contributed by atoms with Crippen LogP contribution in [0.3, 0.4) is 0 Å². The first-order valence-corrected chi connectivity index (χ1v) is 14.7. The molecular formula is C26H34N2O7S2. The molecule has 0 unspecified atom stereocenters. The Labute approximate surface area is 220 Å². The molecule has 2 aromatic carbocycles. The fourth-order valence-corrected chi connectivity index (χ4v) is 6.98. The Balaban J connectivity index is 2.04. The molecule has 2 aromatic rings. The van der Waals surface area contributed by atoms with Gasteiger partial charge in [-0.25, -0.2) is 16.8 Å². The normalized spacial score (nSPS) is 20.6. The highest BCUT2D eigenvalue weighted by molar-refractivity contribution is 7.89. The van der Waals surface area contributed by atoms with Crippen LogP contribution in [0.4, 0.5) is 0 Å². The minimum Gasteiger partial charge on any atom is -0.487 e. The second-order valence-electron chi connectivity index (χ2n) is 9.23. The summed E-state index contributed by atoms with van der Waals surface area (Å²) in [7, 11) is -4.83. The van der Waals surface area contributed by atoms with E-state index in [0.717, 1.165) is 5.56 Å². The lowest BCUT2D eigenvalue weighted by atomic mass is 10.0. The van der Waals surface area contributed by atoms with E-state index >= 15 is 0 Å². The van der Waals surface area contributed by atoms with Crippen LogP contribution in [0.2, 0.25) is 0 Å². The van der Waals surface area contributed by atoms with Crippen molar-refractivity contribution in [3.8, 4) is 17.6 Å². The Morgan fingerprint density at radius 1 is 1.24 bits per heavy atom. The molecule has 0 amide bonds. The van der Waals surface area contributed by atoms with Crippen molar-refractivity contribution < 1.29 is 31.4 Å². The first kappa shape index (κ1) is 29.1. The van der Waals surface area contributed by atoms with Crippen LogP contribution in [-0.2, 0) is 24.8 Å². The average Bonchev–Trinajstić information content (AvgIpc) is 2.86. The molecule has 9 nitrogen and oxygen atoms in total. The van der Waals surface area contributed by atoms with Crippen molar-refractivity contribution >= 4 is 20.0 Å². The molecule has 0 aliphatic carbocycles. The van der Waals surface area contributed by atoms with E-state index < -0.39 is 38.1 Å². The quantitative estimate of drug-likeness (QED) is 0.525. The number of hydrogen-bond donors (Lipinski definition) is 1. The summed E-state index contributed by atoms with van der Waals surface area (Å²) in [6, 6.07) is 10.4. The molecule has 202 valence electrons. The van der Waals surface area contributed by atoms with Gasteiger partial charge in [-0.2, -0.15) is 8.61 Å². The summed E-state index contributed by atoms with van der Waals surface area (Å²) in [6.07, 6.45) is -0.685. The van der Waals surface area contributed by atoms with Gasteiger partial charge in [0.25, 0.3) is 0 Å². The van der Waals surface area contributed by atoms with Gasteiger partial charge in [0.2, 0.25) is 20.0 Å². The number of rotatable bonds is 7. The third kappa shape index (κ3) is 6.52. The lowest BCUT2D eigenvalue weighted by molar-refractivity contribution is 0.0904. The summed E-state index contributed by atoms with van der Waals surface area (Å²) in [6.45, 7) is 5.17. The fraction of sp³-hybridized carbons (Fsp3) is 0.462. The van der Waals surface area contributed by atoms with Gasteiger partial charge in [0.15, 0.2) is 0 Å². The van der Waals surface area contributed by atoms with Crippen molar-refractivity contribution in [1.29, 1.82) is 0 Å². The van der Waals surface area contributed by atoms with Gasteiger partial charge in [0.1, 0.15) is 23.4 Å². The number of ether oxygens (including phenoxy) is 2. The highest BCUT2D eigenvalue weighted by Gasteiger charge is 2.39. The minimum atomic E-state index is -4.01. The summed E-state index contributed by atoms with van der Waals surface area (Å²) in [5, 5.41) is 9.79. The smallest absolute Gasteiger partial charge is 0.247 e. The van der Waals surface area contributed by atoms with E-state index in [4.69, 9.17) is 9.47 Å². The van der Waals surface area contributed by atoms with Gasteiger partial charge in [-0.05, 0) is 44.2 Å². The van der Waals surface area contributed by atoms with E-state index in [2.05, 4.69) is 11.8 Å². The average molecular weight is 551 g/mol. The zero-order valence-electron chi connectivity index (χ0n) is 21.7. The molecule has 1 N–H and O–H groups in total. The van der Waals surface area contributed by atoms with E-state index in [1.54, 1.807) is 44.2 Å². The van der Waals surface area contributed by atoms with Crippen molar-refractivity contribution in [3.63, 3.8) is 0 Å². The van der Waals surface area contributed by atoms with Gasteiger partial charge in [-0.15, -0.1) is 0 Å². The second kappa shape index (κ2) is 11.9. The standard InChI is InChI=1S/C26H34N2O7S2/c1-19-8-11-23(12-9-19)36(30,31)27(4)17-25-20(2)16-28(21(3)18-29)37(32,33)26-13-10-22(7-6-14-34-5)15-24(26)35-25/h8-13,15,20-21,25,29H,14,16-18H2,1-5H3/t20-,21+,25-/m0/s1. The van der Waals surface area contributed by atoms with E-state index in [0.29, 0.717) is 5.56 Å². The Bertz CT molecular complexity index is 1360. The second-order valence-corrected chi connectivity index (χ2v) is 13.1. The van der Waals surface area contributed by atoms with Crippen LogP contribution >= 0.6 is 0 Å². The van der Waals surface area contributed by atoms with Gasteiger partial charge >= 0.3 is 0 Å². The summed E-state index contributed by atoms with van der Waals surface area (Å²) in [5.41, 5.74) is 1.47. The van der Waals surface area contributed by atoms with Crippen LogP contribution < -0.4 is 4.74 Å². The monoisotopic (exact) mass is 550 g/mol. The Morgan fingerprint density at radius 3 is 2.54 bits per heavy atom. The molecule has 0 aromatic heterocycles. The van der Waals surface area contributed by atoms with E-state index in [-0.39, 0.29) is 41.8 Å². The molecule has 37 heavy (non-hydrogen) atoms. The molecule has 0 saturated carbocycles. The van der Waals surface area contributed by atoms with Gasteiger partial charge in [-0.3, -0.25) is 0 Å². The molecular weight excluding hydrogens is 516 g/mol. The summed E-state index contributed by atoms with van der Waals surface area (Å²) < 4.78 is 67.3. The predicted octanol–water partition coefficient (Wildman–Crippen LogP) is 2.08. The molecule has 0 fully saturated rings. The number of methoxy groups -OCH3 is 1. The maximum Gasteiger partial charge on any atom is 0.247 e. The molecule has 0 bridgehead atoms. The zero-order chi connectivity index (χ0) is 27.4. The predicted molar refractivity (Wildman–Crippen MR) is 140 cm³/mol. The van der Waals surface area contributed by atoms with Gasteiger partial charge in [-0.1, -0.05) is 36.5 Å². The molecule has 1 aliphatic heterocycles. The lowest BCUT2D eigenvalue weighted by Gasteiger charge is -2.37. The van der Waals surface area contributed by atoms with Crippen molar-refractivity contribution in [2.45, 2.75) is 42.7 Å². The summed E-state index contributed by atoms with van der Waals surface area (Å²) in [5.74, 6) is 5.41. The maximum atomic E-state index is 13.6. The molecule has 1 aliphatic rings. The van der Waals surface area contributed by atoms with Crippen molar-refractivity contribution in [2.75, 3.05) is 40.5 Å². The molecule has 0 spiro atoms. The lowest BCUT2D eigenvalue weighted by Crippen LogP contribution is -2.50. The van der Waals surface area contributed by atoms with Gasteiger partial charge < -0.3 is 14.6 Å². The fourth-order valence-electron chi connectivity index (χ4n) is 3.97. The van der Waals surface area contributed by atoms with E-state index in [1.807, 2.05) is 6.92 Å². The Hall–Kier alpha value is -2.46.